The summed E-state index contributed by atoms with van der Waals surface area (Å²) in [7, 11) is -3.29. The fraction of sp³-hybridized carbons (Fsp3) is 0.400. The van der Waals surface area contributed by atoms with Crippen LogP contribution in [0, 0.1) is 0 Å². The van der Waals surface area contributed by atoms with E-state index >= 15 is 0 Å². The van der Waals surface area contributed by atoms with Crippen LogP contribution in [-0.2, 0) is 22.0 Å². The minimum atomic E-state index is -3.29. The minimum Gasteiger partial charge on any atom is -0.468 e. The largest absolute Gasteiger partial charge is 0.468 e. The number of benzene rings is 1. The van der Waals surface area contributed by atoms with Gasteiger partial charge in [-0.3, -0.25) is 4.79 Å². The van der Waals surface area contributed by atoms with Crippen molar-refractivity contribution in [3.8, 4) is 0 Å². The molecule has 4 rings (SSSR count). The fourth-order valence-electron chi connectivity index (χ4n) is 3.57. The summed E-state index contributed by atoms with van der Waals surface area (Å²) < 4.78 is 31.4. The lowest BCUT2D eigenvalue weighted by Gasteiger charge is -2.31. The van der Waals surface area contributed by atoms with Gasteiger partial charge in [0.25, 0.3) is 5.91 Å². The number of piperidine rings is 1. The summed E-state index contributed by atoms with van der Waals surface area (Å²) in [5.41, 5.74) is 1.55. The van der Waals surface area contributed by atoms with Crippen LogP contribution in [0.2, 0.25) is 0 Å². The third-order valence-electron chi connectivity index (χ3n) is 5.14. The first kappa shape index (κ1) is 19.1. The van der Waals surface area contributed by atoms with Crippen LogP contribution in [0.3, 0.4) is 0 Å². The summed E-state index contributed by atoms with van der Waals surface area (Å²) in [6.07, 6.45) is 3.27. The molecular weight excluding hydrogens is 396 g/mol. The summed E-state index contributed by atoms with van der Waals surface area (Å²) in [6.45, 7) is 2.96. The second-order valence-electron chi connectivity index (χ2n) is 7.02. The van der Waals surface area contributed by atoms with Gasteiger partial charge in [0, 0.05) is 18.7 Å². The Balaban J connectivity index is 1.42. The first-order chi connectivity index (χ1) is 13.5. The molecule has 1 saturated heterocycles. The van der Waals surface area contributed by atoms with E-state index in [9.17, 15) is 13.2 Å². The van der Waals surface area contributed by atoms with Crippen LogP contribution in [0.1, 0.15) is 40.9 Å². The van der Waals surface area contributed by atoms with Crippen LogP contribution in [0.15, 0.2) is 41.0 Å². The van der Waals surface area contributed by atoms with Gasteiger partial charge in [-0.15, -0.1) is 11.3 Å². The quantitative estimate of drug-likeness (QED) is 0.631. The van der Waals surface area contributed by atoms with Gasteiger partial charge in [0.05, 0.1) is 26.7 Å². The number of aryl methyl sites for hydroxylation is 1. The van der Waals surface area contributed by atoms with Crippen LogP contribution in [0.25, 0.3) is 10.2 Å². The van der Waals surface area contributed by atoms with Crippen LogP contribution in [-0.4, -0.2) is 42.5 Å². The number of rotatable bonds is 5. The first-order valence-electron chi connectivity index (χ1n) is 9.39. The molecule has 1 fully saturated rings. The Hall–Kier alpha value is -2.19. The molecule has 1 amide bonds. The molecule has 0 saturated carbocycles. The van der Waals surface area contributed by atoms with Crippen molar-refractivity contribution in [1.82, 2.24) is 9.88 Å². The molecule has 28 heavy (non-hydrogen) atoms. The highest BCUT2D eigenvalue weighted by atomic mass is 32.2. The third-order valence-corrected chi connectivity index (χ3v) is 8.48. The summed E-state index contributed by atoms with van der Waals surface area (Å²) >= 11 is 1.61. The van der Waals surface area contributed by atoms with Gasteiger partial charge >= 0.3 is 0 Å². The molecule has 6 nitrogen and oxygen atoms in total. The molecule has 148 valence electrons. The number of furan rings is 1. The van der Waals surface area contributed by atoms with Crippen molar-refractivity contribution >= 4 is 37.3 Å². The highest BCUT2D eigenvalue weighted by Crippen LogP contribution is 2.26. The molecule has 0 spiro atoms. The van der Waals surface area contributed by atoms with Crippen molar-refractivity contribution in [2.45, 2.75) is 37.2 Å². The number of hydrogen-bond donors (Lipinski definition) is 0. The number of aromatic nitrogens is 1. The van der Waals surface area contributed by atoms with Gasteiger partial charge in [-0.2, -0.15) is 0 Å². The average Bonchev–Trinajstić information content (AvgIpc) is 3.35. The van der Waals surface area contributed by atoms with Crippen molar-refractivity contribution in [3.63, 3.8) is 0 Å². The Labute approximate surface area is 168 Å². The van der Waals surface area contributed by atoms with Gasteiger partial charge in [-0.05, 0) is 49.6 Å². The number of thiazole rings is 1. The van der Waals surface area contributed by atoms with E-state index in [1.807, 2.05) is 18.2 Å². The molecule has 2 aromatic heterocycles. The van der Waals surface area contributed by atoms with E-state index in [0.717, 1.165) is 21.6 Å². The standard InChI is InChI=1S/C20H22N2O4S2/c1-2-19-21-17-6-5-14(12-18(17)27-19)20(23)22-9-7-16(8-10-22)28(24,25)13-15-4-3-11-26-15/h3-6,11-12,16H,2,7-10,13H2,1H3. The van der Waals surface area contributed by atoms with E-state index < -0.39 is 15.1 Å². The van der Waals surface area contributed by atoms with Gasteiger partial charge in [-0.1, -0.05) is 6.92 Å². The monoisotopic (exact) mass is 418 g/mol. The number of fused-ring (bicyclic) bond motifs is 1. The van der Waals surface area contributed by atoms with Crippen molar-refractivity contribution in [3.05, 3.63) is 52.9 Å². The van der Waals surface area contributed by atoms with Gasteiger partial charge in [0.15, 0.2) is 9.84 Å². The van der Waals surface area contributed by atoms with Crippen LogP contribution < -0.4 is 0 Å². The number of nitrogens with zero attached hydrogens (tertiary/aromatic N) is 2. The Morgan fingerprint density at radius 3 is 2.75 bits per heavy atom. The van der Waals surface area contributed by atoms with Gasteiger partial charge in [-0.25, -0.2) is 13.4 Å². The average molecular weight is 419 g/mol. The van der Waals surface area contributed by atoms with E-state index in [-0.39, 0.29) is 11.7 Å². The summed E-state index contributed by atoms with van der Waals surface area (Å²) in [4.78, 5) is 19.2. The zero-order valence-corrected chi connectivity index (χ0v) is 17.3. The third kappa shape index (κ3) is 3.84. The molecule has 0 atom stereocenters. The number of carbonyl (C=O) groups excluding carboxylic acids is 1. The predicted molar refractivity (Wildman–Crippen MR) is 109 cm³/mol. The van der Waals surface area contributed by atoms with Crippen molar-refractivity contribution in [2.75, 3.05) is 13.1 Å². The van der Waals surface area contributed by atoms with E-state index in [4.69, 9.17) is 4.42 Å². The number of likely N-dealkylation sites (tertiary alicyclic amines) is 1. The maximum absolute atomic E-state index is 12.9. The molecule has 8 heteroatoms. The Bertz CT molecular complexity index is 1080. The number of hydrogen-bond acceptors (Lipinski definition) is 6. The van der Waals surface area contributed by atoms with Gasteiger partial charge < -0.3 is 9.32 Å². The fourth-order valence-corrected chi connectivity index (χ4v) is 6.24. The number of amides is 1. The van der Waals surface area contributed by atoms with Crippen molar-refractivity contribution in [1.29, 1.82) is 0 Å². The zero-order chi connectivity index (χ0) is 19.7. The van der Waals surface area contributed by atoms with E-state index in [0.29, 0.717) is 37.3 Å². The highest BCUT2D eigenvalue weighted by molar-refractivity contribution is 7.91. The lowest BCUT2D eigenvalue weighted by atomic mass is 10.1. The van der Waals surface area contributed by atoms with Crippen LogP contribution >= 0.6 is 11.3 Å². The Kier molecular flexibility index (Phi) is 5.25. The van der Waals surface area contributed by atoms with Gasteiger partial charge in [0.1, 0.15) is 11.5 Å². The van der Waals surface area contributed by atoms with E-state index in [2.05, 4.69) is 11.9 Å². The van der Waals surface area contributed by atoms with Gasteiger partial charge in [0.2, 0.25) is 0 Å². The topological polar surface area (TPSA) is 80.5 Å². The molecule has 1 aliphatic heterocycles. The molecule has 3 aromatic rings. The van der Waals surface area contributed by atoms with Crippen LogP contribution in [0.4, 0.5) is 0 Å². The smallest absolute Gasteiger partial charge is 0.253 e. The van der Waals surface area contributed by atoms with Crippen molar-refractivity contribution in [2.24, 2.45) is 0 Å². The lowest BCUT2D eigenvalue weighted by Crippen LogP contribution is -2.42. The molecular formula is C20H22N2O4S2. The van der Waals surface area contributed by atoms with Crippen LogP contribution in [0.5, 0.6) is 0 Å². The van der Waals surface area contributed by atoms with Crippen molar-refractivity contribution < 1.29 is 17.6 Å². The zero-order valence-electron chi connectivity index (χ0n) is 15.6. The summed E-state index contributed by atoms with van der Waals surface area (Å²) in [5, 5.41) is 0.625. The summed E-state index contributed by atoms with van der Waals surface area (Å²) in [5.74, 6) is 0.332. The predicted octanol–water partition coefficient (Wildman–Crippen LogP) is 3.67. The highest BCUT2D eigenvalue weighted by Gasteiger charge is 2.32. The lowest BCUT2D eigenvalue weighted by molar-refractivity contribution is 0.0726. The second-order valence-corrected chi connectivity index (χ2v) is 10.4. The molecule has 0 radical (unpaired) electrons. The van der Waals surface area contributed by atoms with E-state index in [1.165, 1.54) is 6.26 Å². The molecule has 0 unspecified atom stereocenters. The summed E-state index contributed by atoms with van der Waals surface area (Å²) in [6, 6.07) is 8.96. The second kappa shape index (κ2) is 7.67. The minimum absolute atomic E-state index is 0.0461. The maximum atomic E-state index is 12.9. The normalized spacial score (nSPS) is 16.0. The molecule has 3 heterocycles. The molecule has 1 aromatic carbocycles. The first-order valence-corrected chi connectivity index (χ1v) is 11.9. The Morgan fingerprint density at radius 2 is 2.07 bits per heavy atom. The SMILES string of the molecule is CCc1nc2ccc(C(=O)N3CCC(S(=O)(=O)Cc4ccco4)CC3)cc2s1. The molecule has 0 bridgehead atoms. The van der Waals surface area contributed by atoms with E-state index in [1.54, 1.807) is 28.4 Å². The maximum Gasteiger partial charge on any atom is 0.253 e. The number of carbonyl (C=O) groups is 1. The molecule has 0 aliphatic carbocycles. The number of sulfone groups is 1. The Morgan fingerprint density at radius 1 is 1.29 bits per heavy atom. The molecule has 1 aliphatic rings. The molecule has 0 N–H and O–H groups in total.